The van der Waals surface area contributed by atoms with Gasteiger partial charge in [0, 0.05) is 11.6 Å². The van der Waals surface area contributed by atoms with Gasteiger partial charge in [0.1, 0.15) is 11.4 Å². The normalized spacial score (nSPS) is 12.4. The van der Waals surface area contributed by atoms with Gasteiger partial charge in [0.2, 0.25) is 5.88 Å². The third-order valence-electron chi connectivity index (χ3n) is 3.21. The molecule has 18 heavy (non-hydrogen) atoms. The molecule has 2 aromatic rings. The average Bonchev–Trinajstić information content (AvgIpc) is 2.83. The first kappa shape index (κ1) is 12.5. The lowest BCUT2D eigenvalue weighted by Crippen LogP contribution is -1.94. The Labute approximate surface area is 107 Å². The van der Waals surface area contributed by atoms with E-state index in [9.17, 15) is 0 Å². The van der Waals surface area contributed by atoms with Gasteiger partial charge in [0.25, 0.3) is 0 Å². The van der Waals surface area contributed by atoms with Gasteiger partial charge in [-0.15, -0.1) is 0 Å². The second kappa shape index (κ2) is 5.12. The van der Waals surface area contributed by atoms with E-state index in [-0.39, 0.29) is 0 Å². The highest BCUT2D eigenvalue weighted by Gasteiger charge is 2.13. The first-order valence-corrected chi connectivity index (χ1v) is 6.06. The van der Waals surface area contributed by atoms with Gasteiger partial charge in [-0.25, -0.2) is 0 Å². The largest absolute Gasteiger partial charge is 0.496 e. The Morgan fingerprint density at radius 1 is 1.39 bits per heavy atom. The number of nitrogens with two attached hydrogens (primary N) is 1. The summed E-state index contributed by atoms with van der Waals surface area (Å²) < 4.78 is 10.3. The lowest BCUT2D eigenvalue weighted by atomic mass is 9.95. The lowest BCUT2D eigenvalue weighted by molar-refractivity contribution is 0.413. The van der Waals surface area contributed by atoms with E-state index in [1.807, 2.05) is 6.07 Å². The Bertz CT molecular complexity index is 534. The van der Waals surface area contributed by atoms with E-state index in [4.69, 9.17) is 15.0 Å². The van der Waals surface area contributed by atoms with Crippen molar-refractivity contribution in [1.29, 1.82) is 0 Å². The highest BCUT2D eigenvalue weighted by molar-refractivity contribution is 5.69. The van der Waals surface area contributed by atoms with Crippen LogP contribution in [0, 0.1) is 0 Å². The molecular formula is C14H18N2O2. The van der Waals surface area contributed by atoms with Crippen molar-refractivity contribution in [3.8, 4) is 17.0 Å². The Kier molecular flexibility index (Phi) is 3.55. The van der Waals surface area contributed by atoms with Crippen LogP contribution in [0.4, 0.5) is 5.88 Å². The standard InChI is InChI=1S/C14H18N2O2/c1-4-9(2)10-5-6-13(17-3)11(7-10)12-8-14(15)18-16-12/h5-9H,4,15H2,1-3H3. The van der Waals surface area contributed by atoms with Crippen molar-refractivity contribution in [2.75, 3.05) is 12.8 Å². The summed E-state index contributed by atoms with van der Waals surface area (Å²) in [4.78, 5) is 0. The zero-order valence-electron chi connectivity index (χ0n) is 10.9. The van der Waals surface area contributed by atoms with Crippen LogP contribution in [0.1, 0.15) is 31.7 Å². The predicted molar refractivity (Wildman–Crippen MR) is 71.6 cm³/mol. The Morgan fingerprint density at radius 3 is 2.72 bits per heavy atom. The van der Waals surface area contributed by atoms with E-state index < -0.39 is 0 Å². The van der Waals surface area contributed by atoms with Gasteiger partial charge < -0.3 is 15.0 Å². The first-order valence-electron chi connectivity index (χ1n) is 6.06. The molecule has 1 heterocycles. The second-order valence-corrected chi connectivity index (χ2v) is 4.38. The highest BCUT2D eigenvalue weighted by Crippen LogP contribution is 2.33. The maximum atomic E-state index is 5.56. The molecule has 0 saturated carbocycles. The quantitative estimate of drug-likeness (QED) is 0.897. The van der Waals surface area contributed by atoms with E-state index in [2.05, 4.69) is 31.1 Å². The molecule has 4 nitrogen and oxygen atoms in total. The van der Waals surface area contributed by atoms with Gasteiger partial charge in [-0.3, -0.25) is 0 Å². The molecule has 1 unspecified atom stereocenters. The molecule has 2 rings (SSSR count). The molecule has 0 saturated heterocycles. The van der Waals surface area contributed by atoms with Crippen LogP contribution in [0.15, 0.2) is 28.8 Å². The molecule has 0 radical (unpaired) electrons. The summed E-state index contributed by atoms with van der Waals surface area (Å²) in [6.45, 7) is 4.37. The van der Waals surface area contributed by atoms with Crippen molar-refractivity contribution in [1.82, 2.24) is 5.16 Å². The van der Waals surface area contributed by atoms with Gasteiger partial charge in [-0.05, 0) is 30.0 Å². The third-order valence-corrected chi connectivity index (χ3v) is 3.21. The predicted octanol–water partition coefficient (Wildman–Crippen LogP) is 3.45. The molecule has 1 aromatic heterocycles. The second-order valence-electron chi connectivity index (χ2n) is 4.38. The van der Waals surface area contributed by atoms with Crippen LogP contribution in [0.3, 0.4) is 0 Å². The van der Waals surface area contributed by atoms with Crippen molar-refractivity contribution < 1.29 is 9.26 Å². The lowest BCUT2D eigenvalue weighted by Gasteiger charge is -2.12. The van der Waals surface area contributed by atoms with Crippen molar-refractivity contribution in [3.63, 3.8) is 0 Å². The fourth-order valence-electron chi connectivity index (χ4n) is 1.88. The summed E-state index contributed by atoms with van der Waals surface area (Å²) in [7, 11) is 1.64. The number of ether oxygens (including phenoxy) is 1. The molecule has 1 aromatic carbocycles. The maximum absolute atomic E-state index is 5.56. The summed E-state index contributed by atoms with van der Waals surface area (Å²) in [6.07, 6.45) is 1.09. The molecule has 0 spiro atoms. The summed E-state index contributed by atoms with van der Waals surface area (Å²) in [5, 5.41) is 3.94. The summed E-state index contributed by atoms with van der Waals surface area (Å²) in [5.41, 5.74) is 8.44. The van der Waals surface area contributed by atoms with Crippen LogP contribution in [-0.4, -0.2) is 12.3 Å². The van der Waals surface area contributed by atoms with E-state index in [0.29, 0.717) is 17.5 Å². The van der Waals surface area contributed by atoms with Crippen LogP contribution in [0.5, 0.6) is 5.75 Å². The number of rotatable bonds is 4. The van der Waals surface area contributed by atoms with Crippen LogP contribution >= 0.6 is 0 Å². The number of nitrogen functional groups attached to an aromatic ring is 1. The molecular weight excluding hydrogens is 228 g/mol. The summed E-state index contributed by atoms with van der Waals surface area (Å²) >= 11 is 0. The molecule has 0 aliphatic heterocycles. The van der Waals surface area contributed by atoms with E-state index in [1.165, 1.54) is 5.56 Å². The molecule has 0 amide bonds. The Balaban J connectivity index is 2.49. The molecule has 0 fully saturated rings. The zero-order chi connectivity index (χ0) is 13.1. The minimum absolute atomic E-state index is 0.306. The molecule has 4 heteroatoms. The van der Waals surface area contributed by atoms with E-state index >= 15 is 0 Å². The van der Waals surface area contributed by atoms with Gasteiger partial charge >= 0.3 is 0 Å². The van der Waals surface area contributed by atoms with Gasteiger partial charge in [-0.1, -0.05) is 25.1 Å². The number of benzene rings is 1. The number of methoxy groups -OCH3 is 1. The van der Waals surface area contributed by atoms with Gasteiger partial charge in [0.05, 0.1) is 7.11 Å². The fraction of sp³-hybridized carbons (Fsp3) is 0.357. The smallest absolute Gasteiger partial charge is 0.222 e. The number of anilines is 1. The molecule has 2 N–H and O–H groups in total. The molecule has 0 aliphatic carbocycles. The van der Waals surface area contributed by atoms with Crippen molar-refractivity contribution in [2.24, 2.45) is 0 Å². The highest BCUT2D eigenvalue weighted by atomic mass is 16.5. The first-order chi connectivity index (χ1) is 8.65. The van der Waals surface area contributed by atoms with Crippen molar-refractivity contribution in [2.45, 2.75) is 26.2 Å². The Morgan fingerprint density at radius 2 is 2.17 bits per heavy atom. The molecule has 96 valence electrons. The summed E-state index contributed by atoms with van der Waals surface area (Å²) in [5.74, 6) is 1.58. The maximum Gasteiger partial charge on any atom is 0.222 e. The SMILES string of the molecule is CCC(C)c1ccc(OC)c(-c2cc(N)on2)c1. The van der Waals surface area contributed by atoms with Gasteiger partial charge in [0.15, 0.2) is 0 Å². The molecule has 0 aliphatic rings. The van der Waals surface area contributed by atoms with Crippen LogP contribution in [-0.2, 0) is 0 Å². The fourth-order valence-corrected chi connectivity index (χ4v) is 1.88. The van der Waals surface area contributed by atoms with Crippen LogP contribution in [0.25, 0.3) is 11.3 Å². The molecule has 0 bridgehead atoms. The number of aromatic nitrogens is 1. The summed E-state index contributed by atoms with van der Waals surface area (Å²) in [6, 6.07) is 7.84. The number of hydrogen-bond acceptors (Lipinski definition) is 4. The van der Waals surface area contributed by atoms with Gasteiger partial charge in [-0.2, -0.15) is 0 Å². The third kappa shape index (κ3) is 2.32. The number of nitrogens with zero attached hydrogens (tertiary/aromatic N) is 1. The minimum atomic E-state index is 0.306. The van der Waals surface area contributed by atoms with E-state index in [1.54, 1.807) is 13.2 Å². The van der Waals surface area contributed by atoms with Crippen molar-refractivity contribution >= 4 is 5.88 Å². The average molecular weight is 246 g/mol. The van der Waals surface area contributed by atoms with Crippen molar-refractivity contribution in [3.05, 3.63) is 29.8 Å². The van der Waals surface area contributed by atoms with E-state index in [0.717, 1.165) is 17.7 Å². The van der Waals surface area contributed by atoms with Crippen LogP contribution in [0.2, 0.25) is 0 Å². The Hall–Kier alpha value is -1.97. The topological polar surface area (TPSA) is 61.3 Å². The monoisotopic (exact) mass is 246 g/mol. The zero-order valence-corrected chi connectivity index (χ0v) is 10.9. The molecule has 1 atom stereocenters. The number of hydrogen-bond donors (Lipinski definition) is 1. The van der Waals surface area contributed by atoms with Crippen LogP contribution < -0.4 is 10.5 Å². The minimum Gasteiger partial charge on any atom is -0.496 e.